The standard InChI is InChI=1S/C72H132O6/c1-4-7-10-13-16-19-22-25-28-30-32-33-34-35-36-37-38-39-40-42-44-47-50-53-56-59-62-65-71(74)77-68-69(67-76-70(73)64-61-58-55-52-49-46-43-27-24-21-18-15-12-9-6-3)78-72(75)66-63-60-57-54-51-48-45-41-31-29-26-23-20-17-14-11-8-5-2/h9,12,18,21,27,29,31,43,69H,4-8,10-11,13-17,19-20,22-26,28,30,32-42,44-68H2,1-3H3/b12-9-,21-18-,31-29-,43-27-. The molecule has 1 atom stereocenters. The topological polar surface area (TPSA) is 78.9 Å². The fourth-order valence-electron chi connectivity index (χ4n) is 10.4. The Morgan fingerprint density at radius 1 is 0.269 bits per heavy atom. The lowest BCUT2D eigenvalue weighted by Gasteiger charge is -2.18. The van der Waals surface area contributed by atoms with Crippen LogP contribution in [0.15, 0.2) is 48.6 Å². The van der Waals surface area contributed by atoms with Gasteiger partial charge in [-0.05, 0) is 77.0 Å². The van der Waals surface area contributed by atoms with Gasteiger partial charge in [-0.2, -0.15) is 0 Å². The lowest BCUT2D eigenvalue weighted by atomic mass is 10.0. The zero-order valence-electron chi connectivity index (χ0n) is 52.5. The molecule has 0 spiro atoms. The second-order valence-corrected chi connectivity index (χ2v) is 23.4. The number of unbranched alkanes of at least 4 members (excludes halogenated alkanes) is 45. The Morgan fingerprint density at radius 3 is 0.795 bits per heavy atom. The number of hydrogen-bond donors (Lipinski definition) is 0. The van der Waals surface area contributed by atoms with E-state index in [9.17, 15) is 14.4 Å². The van der Waals surface area contributed by atoms with E-state index in [-0.39, 0.29) is 31.1 Å². The highest BCUT2D eigenvalue weighted by atomic mass is 16.6. The summed E-state index contributed by atoms with van der Waals surface area (Å²) in [6.07, 6.45) is 84.3. The van der Waals surface area contributed by atoms with Gasteiger partial charge in [-0.15, -0.1) is 0 Å². The van der Waals surface area contributed by atoms with Crippen molar-refractivity contribution in [2.24, 2.45) is 0 Å². The van der Waals surface area contributed by atoms with Crippen LogP contribution in [0, 0.1) is 0 Å². The highest BCUT2D eigenvalue weighted by molar-refractivity contribution is 5.71. The Balaban J connectivity index is 4.24. The van der Waals surface area contributed by atoms with E-state index in [2.05, 4.69) is 69.4 Å². The minimum atomic E-state index is -0.782. The Hall–Kier alpha value is -2.63. The van der Waals surface area contributed by atoms with Crippen molar-refractivity contribution >= 4 is 17.9 Å². The molecular formula is C72H132O6. The van der Waals surface area contributed by atoms with E-state index in [1.54, 1.807) is 0 Å². The summed E-state index contributed by atoms with van der Waals surface area (Å²) < 4.78 is 17.0. The van der Waals surface area contributed by atoms with Crippen LogP contribution in [-0.2, 0) is 28.6 Å². The molecule has 456 valence electrons. The molecule has 6 nitrogen and oxygen atoms in total. The summed E-state index contributed by atoms with van der Waals surface area (Å²) in [5.74, 6) is -0.875. The van der Waals surface area contributed by atoms with Gasteiger partial charge in [0.25, 0.3) is 0 Å². The molecule has 6 heteroatoms. The molecule has 0 heterocycles. The second-order valence-electron chi connectivity index (χ2n) is 23.4. The largest absolute Gasteiger partial charge is 0.462 e. The van der Waals surface area contributed by atoms with Crippen molar-refractivity contribution in [1.29, 1.82) is 0 Å². The van der Waals surface area contributed by atoms with E-state index < -0.39 is 6.10 Å². The molecule has 0 aliphatic carbocycles. The van der Waals surface area contributed by atoms with Gasteiger partial charge in [-0.25, -0.2) is 0 Å². The third-order valence-electron chi connectivity index (χ3n) is 15.6. The number of rotatable bonds is 64. The third kappa shape index (κ3) is 64.2. The van der Waals surface area contributed by atoms with Crippen molar-refractivity contribution in [2.75, 3.05) is 13.2 Å². The molecule has 0 aliphatic rings. The first-order valence-electron chi connectivity index (χ1n) is 34.6. The molecule has 0 aliphatic heterocycles. The van der Waals surface area contributed by atoms with Gasteiger partial charge in [0.1, 0.15) is 13.2 Å². The van der Waals surface area contributed by atoms with E-state index >= 15 is 0 Å². The Morgan fingerprint density at radius 2 is 0.500 bits per heavy atom. The maximum absolute atomic E-state index is 12.9. The summed E-state index contributed by atoms with van der Waals surface area (Å²) in [6.45, 7) is 6.57. The van der Waals surface area contributed by atoms with Crippen LogP contribution >= 0.6 is 0 Å². The van der Waals surface area contributed by atoms with E-state index in [1.807, 2.05) is 0 Å². The highest BCUT2D eigenvalue weighted by Crippen LogP contribution is 2.18. The molecule has 1 unspecified atom stereocenters. The number of esters is 3. The zero-order chi connectivity index (χ0) is 56.4. The maximum atomic E-state index is 12.9. The summed E-state index contributed by atoms with van der Waals surface area (Å²) >= 11 is 0. The number of carbonyl (C=O) groups excluding carboxylic acids is 3. The van der Waals surface area contributed by atoms with Gasteiger partial charge in [-0.1, -0.05) is 326 Å². The number of allylic oxidation sites excluding steroid dienone is 8. The Kier molecular flexibility index (Phi) is 64.6. The molecular weight excluding hydrogens is 961 g/mol. The lowest BCUT2D eigenvalue weighted by Crippen LogP contribution is -2.30. The number of ether oxygens (including phenoxy) is 3. The van der Waals surface area contributed by atoms with Crippen LogP contribution in [0.5, 0.6) is 0 Å². The molecule has 0 bridgehead atoms. The minimum Gasteiger partial charge on any atom is -0.462 e. The molecule has 78 heavy (non-hydrogen) atoms. The van der Waals surface area contributed by atoms with Crippen LogP contribution < -0.4 is 0 Å². The number of hydrogen-bond acceptors (Lipinski definition) is 6. The molecule has 0 aromatic heterocycles. The maximum Gasteiger partial charge on any atom is 0.306 e. The molecule has 0 N–H and O–H groups in total. The molecule has 0 saturated carbocycles. The van der Waals surface area contributed by atoms with Gasteiger partial charge in [0.05, 0.1) is 0 Å². The molecule has 0 fully saturated rings. The van der Waals surface area contributed by atoms with Crippen molar-refractivity contribution < 1.29 is 28.6 Å². The van der Waals surface area contributed by atoms with E-state index in [4.69, 9.17) is 14.2 Å². The Bertz CT molecular complexity index is 1350. The normalized spacial score (nSPS) is 12.3. The SMILES string of the molecule is CC/C=C\C/C=C\C/C=C\CCCCCCCC(=O)OCC(COC(=O)CCCCCCCCCCCCCCCCCCCCCCCCCCCCC)OC(=O)CCCCCCCCC/C=C\CCCCCCCCC. The van der Waals surface area contributed by atoms with Gasteiger partial charge in [0.15, 0.2) is 6.10 Å². The van der Waals surface area contributed by atoms with E-state index in [0.717, 1.165) is 96.3 Å². The van der Waals surface area contributed by atoms with Crippen molar-refractivity contribution in [3.8, 4) is 0 Å². The third-order valence-corrected chi connectivity index (χ3v) is 15.6. The predicted molar refractivity (Wildman–Crippen MR) is 339 cm³/mol. The summed E-state index contributed by atoms with van der Waals surface area (Å²) in [5, 5.41) is 0. The minimum absolute atomic E-state index is 0.0767. The summed E-state index contributed by atoms with van der Waals surface area (Å²) in [5.41, 5.74) is 0. The van der Waals surface area contributed by atoms with Crippen LogP contribution in [0.3, 0.4) is 0 Å². The van der Waals surface area contributed by atoms with Crippen LogP contribution in [0.1, 0.15) is 374 Å². The average Bonchev–Trinajstić information content (AvgIpc) is 3.44. The van der Waals surface area contributed by atoms with Gasteiger partial charge in [-0.3, -0.25) is 14.4 Å². The van der Waals surface area contributed by atoms with Crippen molar-refractivity contribution in [3.05, 3.63) is 48.6 Å². The average molecular weight is 1090 g/mol. The molecule has 0 aromatic rings. The summed E-state index contributed by atoms with van der Waals surface area (Å²) in [6, 6.07) is 0. The molecule has 0 saturated heterocycles. The van der Waals surface area contributed by atoms with Gasteiger partial charge < -0.3 is 14.2 Å². The molecule has 0 amide bonds. The fraction of sp³-hybridized carbons (Fsp3) is 0.847. The first-order valence-corrected chi connectivity index (χ1v) is 34.6. The lowest BCUT2D eigenvalue weighted by molar-refractivity contribution is -0.167. The Labute approximate surface area is 486 Å². The van der Waals surface area contributed by atoms with Crippen LogP contribution in [0.4, 0.5) is 0 Å². The monoisotopic (exact) mass is 1090 g/mol. The van der Waals surface area contributed by atoms with Crippen molar-refractivity contribution in [1.82, 2.24) is 0 Å². The first-order chi connectivity index (χ1) is 38.5. The predicted octanol–water partition coefficient (Wildman–Crippen LogP) is 23.7. The first kappa shape index (κ1) is 75.4. The summed E-state index contributed by atoms with van der Waals surface area (Å²) in [4.78, 5) is 38.4. The van der Waals surface area contributed by atoms with Gasteiger partial charge >= 0.3 is 17.9 Å². The fourth-order valence-corrected chi connectivity index (χ4v) is 10.4. The van der Waals surface area contributed by atoms with Gasteiger partial charge in [0, 0.05) is 19.3 Å². The molecule has 0 rings (SSSR count). The molecule has 0 aromatic carbocycles. The highest BCUT2D eigenvalue weighted by Gasteiger charge is 2.19. The van der Waals surface area contributed by atoms with Crippen LogP contribution in [0.2, 0.25) is 0 Å². The van der Waals surface area contributed by atoms with Crippen LogP contribution in [0.25, 0.3) is 0 Å². The van der Waals surface area contributed by atoms with Crippen molar-refractivity contribution in [2.45, 2.75) is 380 Å². The van der Waals surface area contributed by atoms with E-state index in [1.165, 1.54) is 238 Å². The summed E-state index contributed by atoms with van der Waals surface area (Å²) in [7, 11) is 0. The van der Waals surface area contributed by atoms with E-state index in [0.29, 0.717) is 19.3 Å². The van der Waals surface area contributed by atoms with Crippen LogP contribution in [-0.4, -0.2) is 37.2 Å². The molecule has 0 radical (unpaired) electrons. The van der Waals surface area contributed by atoms with Gasteiger partial charge in [0.2, 0.25) is 0 Å². The van der Waals surface area contributed by atoms with Crippen molar-refractivity contribution in [3.63, 3.8) is 0 Å². The zero-order valence-corrected chi connectivity index (χ0v) is 52.5. The number of carbonyl (C=O) groups is 3. The second kappa shape index (κ2) is 66.9. The smallest absolute Gasteiger partial charge is 0.306 e. The quantitative estimate of drug-likeness (QED) is 0.0261.